The molecule has 1 aliphatic rings. The molecule has 0 saturated heterocycles. The minimum Gasteiger partial charge on any atom is -0.460 e. The van der Waals surface area contributed by atoms with Crippen LogP contribution in [0.15, 0.2) is 148 Å². The predicted octanol–water partition coefficient (Wildman–Crippen LogP) is 11.2. The van der Waals surface area contributed by atoms with Crippen molar-refractivity contribution < 1.29 is 8.83 Å². The average Bonchev–Trinajstić information content (AvgIpc) is 3.72. The van der Waals surface area contributed by atoms with Crippen molar-refractivity contribution in [3.8, 4) is 34.2 Å². The number of para-hydroxylation sites is 1. The van der Waals surface area contributed by atoms with E-state index in [0.29, 0.717) is 17.5 Å². The minimum absolute atomic E-state index is 0.210. The van der Waals surface area contributed by atoms with Gasteiger partial charge in [-0.15, -0.1) is 0 Å². The monoisotopic (exact) mass is 631 g/mol. The number of furan rings is 2. The Labute approximate surface area is 282 Å². The molecule has 232 valence electrons. The van der Waals surface area contributed by atoms with Gasteiger partial charge in [-0.2, -0.15) is 0 Å². The molecule has 10 rings (SSSR count). The SMILES string of the molecule is CC1(c2ccc3ccccc3c2)C=Cc2c(oc3cccc(-c4nc(-c5ccccc5)nc(-c5cccc6oc7ccccc7c56)n4)c23)C1. The van der Waals surface area contributed by atoms with E-state index >= 15 is 0 Å². The Balaban J connectivity index is 1.16. The average molecular weight is 632 g/mol. The summed E-state index contributed by atoms with van der Waals surface area (Å²) in [5.41, 5.74) is 7.32. The molecule has 0 fully saturated rings. The molecule has 1 unspecified atom stereocenters. The zero-order valence-electron chi connectivity index (χ0n) is 26.7. The summed E-state index contributed by atoms with van der Waals surface area (Å²) in [4.78, 5) is 15.4. The van der Waals surface area contributed by atoms with E-state index in [4.69, 9.17) is 23.8 Å². The summed E-state index contributed by atoms with van der Waals surface area (Å²) in [6.45, 7) is 2.29. The van der Waals surface area contributed by atoms with Gasteiger partial charge in [0, 0.05) is 50.2 Å². The van der Waals surface area contributed by atoms with E-state index in [9.17, 15) is 0 Å². The third-order valence-corrected chi connectivity index (χ3v) is 9.94. The summed E-state index contributed by atoms with van der Waals surface area (Å²) >= 11 is 0. The highest BCUT2D eigenvalue weighted by molar-refractivity contribution is 6.12. The molecule has 9 aromatic rings. The van der Waals surface area contributed by atoms with Crippen LogP contribution in [0.4, 0.5) is 0 Å². The number of allylic oxidation sites excluding steroid dienone is 1. The second-order valence-electron chi connectivity index (χ2n) is 13.1. The standard InChI is InChI=1S/C44H29N3O2/c1-44(30-22-21-27-11-5-6-14-29(27)25-30)24-23-32-38(26-44)49-37-20-10-17-34(40(32)37)43-46-41(28-12-3-2-4-13-28)45-42(47-43)33-16-9-19-36-39(33)31-15-7-8-18-35(31)48-36/h2-25H,26H2,1H3. The Kier molecular flexibility index (Phi) is 6.00. The van der Waals surface area contributed by atoms with Crippen molar-refractivity contribution in [2.45, 2.75) is 18.8 Å². The summed E-state index contributed by atoms with van der Waals surface area (Å²) in [5.74, 6) is 2.76. The Bertz CT molecular complexity index is 2770. The smallest absolute Gasteiger partial charge is 0.164 e. The molecule has 3 aromatic heterocycles. The fraction of sp³-hybridized carbons (Fsp3) is 0.0682. The van der Waals surface area contributed by atoms with Gasteiger partial charge in [0.25, 0.3) is 0 Å². The Hall–Kier alpha value is -6.33. The normalized spacial score (nSPS) is 15.8. The summed E-state index contributed by atoms with van der Waals surface area (Å²) in [5, 5.41) is 5.52. The fourth-order valence-electron chi connectivity index (χ4n) is 7.41. The van der Waals surface area contributed by atoms with Gasteiger partial charge in [0.1, 0.15) is 22.5 Å². The maximum atomic E-state index is 6.65. The quantitative estimate of drug-likeness (QED) is 0.193. The molecule has 0 spiro atoms. The largest absolute Gasteiger partial charge is 0.460 e. The van der Waals surface area contributed by atoms with Gasteiger partial charge in [-0.05, 0) is 34.5 Å². The lowest BCUT2D eigenvalue weighted by Gasteiger charge is -2.29. The first-order valence-corrected chi connectivity index (χ1v) is 16.6. The number of fused-ring (bicyclic) bond motifs is 7. The van der Waals surface area contributed by atoms with Gasteiger partial charge in [0.05, 0.1) is 0 Å². The van der Waals surface area contributed by atoms with E-state index in [2.05, 4.69) is 79.7 Å². The van der Waals surface area contributed by atoms with Crippen molar-refractivity contribution in [1.29, 1.82) is 0 Å². The molecule has 49 heavy (non-hydrogen) atoms. The minimum atomic E-state index is -0.210. The predicted molar refractivity (Wildman–Crippen MR) is 197 cm³/mol. The molecule has 5 nitrogen and oxygen atoms in total. The zero-order chi connectivity index (χ0) is 32.5. The molecule has 0 radical (unpaired) electrons. The summed E-state index contributed by atoms with van der Waals surface area (Å²) in [6.07, 6.45) is 5.30. The molecular weight excluding hydrogens is 603 g/mol. The third kappa shape index (κ3) is 4.43. The van der Waals surface area contributed by atoms with Crippen LogP contribution in [0.1, 0.15) is 23.8 Å². The van der Waals surface area contributed by atoms with Crippen molar-refractivity contribution >= 4 is 49.8 Å². The Morgan fingerprint density at radius 1 is 0.551 bits per heavy atom. The van der Waals surface area contributed by atoms with E-state index in [1.165, 1.54) is 16.3 Å². The molecule has 1 aliphatic carbocycles. The molecule has 0 N–H and O–H groups in total. The fourth-order valence-corrected chi connectivity index (χ4v) is 7.41. The van der Waals surface area contributed by atoms with Crippen LogP contribution in [0.3, 0.4) is 0 Å². The first-order chi connectivity index (χ1) is 24.1. The Morgan fingerprint density at radius 3 is 2.02 bits per heavy atom. The van der Waals surface area contributed by atoms with Crippen LogP contribution in [0.25, 0.3) is 83.9 Å². The number of nitrogens with zero attached hydrogens (tertiary/aromatic N) is 3. The van der Waals surface area contributed by atoms with E-state index < -0.39 is 0 Å². The zero-order valence-corrected chi connectivity index (χ0v) is 26.7. The molecule has 0 aliphatic heterocycles. The van der Waals surface area contributed by atoms with Gasteiger partial charge in [0.15, 0.2) is 17.5 Å². The van der Waals surface area contributed by atoms with Gasteiger partial charge in [-0.3, -0.25) is 0 Å². The molecule has 6 aromatic carbocycles. The lowest BCUT2D eigenvalue weighted by atomic mass is 9.74. The highest BCUT2D eigenvalue weighted by Crippen LogP contribution is 2.44. The molecule has 0 amide bonds. The molecule has 5 heteroatoms. The van der Waals surface area contributed by atoms with Gasteiger partial charge >= 0.3 is 0 Å². The molecule has 1 atom stereocenters. The lowest BCUT2D eigenvalue weighted by Crippen LogP contribution is -2.24. The van der Waals surface area contributed by atoms with Crippen molar-refractivity contribution in [2.75, 3.05) is 0 Å². The third-order valence-electron chi connectivity index (χ3n) is 9.94. The van der Waals surface area contributed by atoms with Crippen molar-refractivity contribution in [3.63, 3.8) is 0 Å². The summed E-state index contributed by atoms with van der Waals surface area (Å²) < 4.78 is 12.9. The first-order valence-electron chi connectivity index (χ1n) is 16.6. The van der Waals surface area contributed by atoms with E-state index in [1.807, 2.05) is 72.8 Å². The second kappa shape index (κ2) is 10.6. The van der Waals surface area contributed by atoms with Crippen molar-refractivity contribution in [3.05, 3.63) is 156 Å². The van der Waals surface area contributed by atoms with Crippen LogP contribution in [0, 0.1) is 0 Å². The molecule has 0 saturated carbocycles. The molecule has 0 bridgehead atoms. The second-order valence-corrected chi connectivity index (χ2v) is 13.1. The van der Waals surface area contributed by atoms with Crippen LogP contribution in [0.5, 0.6) is 0 Å². The van der Waals surface area contributed by atoms with Crippen LogP contribution in [0.2, 0.25) is 0 Å². The molecular formula is C44H29N3O2. The number of rotatable bonds is 4. The van der Waals surface area contributed by atoms with Crippen molar-refractivity contribution in [1.82, 2.24) is 15.0 Å². The van der Waals surface area contributed by atoms with E-state index in [1.54, 1.807) is 0 Å². The van der Waals surface area contributed by atoms with Gasteiger partial charge in [0.2, 0.25) is 0 Å². The number of hydrogen-bond acceptors (Lipinski definition) is 5. The van der Waals surface area contributed by atoms with E-state index in [0.717, 1.165) is 67.3 Å². The van der Waals surface area contributed by atoms with Crippen LogP contribution in [-0.2, 0) is 11.8 Å². The number of hydrogen-bond donors (Lipinski definition) is 0. The van der Waals surface area contributed by atoms with E-state index in [-0.39, 0.29) is 5.41 Å². The summed E-state index contributed by atoms with van der Waals surface area (Å²) in [7, 11) is 0. The number of benzene rings is 6. The maximum Gasteiger partial charge on any atom is 0.164 e. The first kappa shape index (κ1) is 27.8. The lowest BCUT2D eigenvalue weighted by molar-refractivity contribution is 0.475. The van der Waals surface area contributed by atoms with Gasteiger partial charge < -0.3 is 8.83 Å². The molecule has 3 heterocycles. The number of aromatic nitrogens is 3. The summed E-state index contributed by atoms with van der Waals surface area (Å²) in [6, 6.07) is 45.7. The van der Waals surface area contributed by atoms with Gasteiger partial charge in [-0.1, -0.05) is 134 Å². The van der Waals surface area contributed by atoms with Crippen LogP contribution in [-0.4, -0.2) is 15.0 Å². The highest BCUT2D eigenvalue weighted by atomic mass is 16.3. The topological polar surface area (TPSA) is 65.0 Å². The van der Waals surface area contributed by atoms with Crippen molar-refractivity contribution in [2.24, 2.45) is 0 Å². The van der Waals surface area contributed by atoms with Crippen LogP contribution >= 0.6 is 0 Å². The van der Waals surface area contributed by atoms with Gasteiger partial charge in [-0.25, -0.2) is 15.0 Å². The highest BCUT2D eigenvalue weighted by Gasteiger charge is 2.32. The van der Waals surface area contributed by atoms with Crippen LogP contribution < -0.4 is 0 Å². The Morgan fingerprint density at radius 2 is 1.20 bits per heavy atom. The maximum absolute atomic E-state index is 6.65.